The quantitative estimate of drug-likeness (QED) is 0.540. The third-order valence-corrected chi connectivity index (χ3v) is 1.21. The summed E-state index contributed by atoms with van der Waals surface area (Å²) in [5.41, 5.74) is 0. The molecule has 0 aliphatic rings. The summed E-state index contributed by atoms with van der Waals surface area (Å²) in [6.45, 7) is 0. The Kier molecular flexibility index (Phi) is 2.39. The van der Waals surface area contributed by atoms with E-state index in [1.165, 1.54) is 12.2 Å². The zero-order chi connectivity index (χ0) is 7.40. The SMILES string of the molecule is O=C/C=C/c1cc(Br)no1. The summed E-state index contributed by atoms with van der Waals surface area (Å²) >= 11 is 3.10. The van der Waals surface area contributed by atoms with Gasteiger partial charge in [-0.2, -0.15) is 0 Å². The topological polar surface area (TPSA) is 43.1 Å². The van der Waals surface area contributed by atoms with Crippen molar-refractivity contribution in [1.29, 1.82) is 0 Å². The maximum Gasteiger partial charge on any atom is 0.160 e. The molecule has 0 saturated heterocycles. The highest BCUT2D eigenvalue weighted by atomic mass is 79.9. The summed E-state index contributed by atoms with van der Waals surface area (Å²) in [5, 5.41) is 3.54. The van der Waals surface area contributed by atoms with E-state index >= 15 is 0 Å². The van der Waals surface area contributed by atoms with Gasteiger partial charge in [0, 0.05) is 6.07 Å². The van der Waals surface area contributed by atoms with E-state index < -0.39 is 0 Å². The largest absolute Gasteiger partial charge is 0.356 e. The predicted octanol–water partition coefficient (Wildman–Crippen LogP) is 1.65. The average molecular weight is 202 g/mol. The molecule has 0 spiro atoms. The van der Waals surface area contributed by atoms with Crippen LogP contribution in [0.1, 0.15) is 5.76 Å². The van der Waals surface area contributed by atoms with Gasteiger partial charge in [-0.1, -0.05) is 5.16 Å². The van der Waals surface area contributed by atoms with Crippen LogP contribution in [-0.4, -0.2) is 11.4 Å². The van der Waals surface area contributed by atoms with Crippen molar-refractivity contribution in [2.45, 2.75) is 0 Å². The lowest BCUT2D eigenvalue weighted by Gasteiger charge is -1.72. The molecule has 3 nitrogen and oxygen atoms in total. The van der Waals surface area contributed by atoms with Gasteiger partial charge in [-0.25, -0.2) is 0 Å². The number of hydrogen-bond acceptors (Lipinski definition) is 3. The Bertz CT molecular complexity index is 254. The second-order valence-electron chi connectivity index (χ2n) is 1.55. The summed E-state index contributed by atoms with van der Waals surface area (Å²) < 4.78 is 5.35. The summed E-state index contributed by atoms with van der Waals surface area (Å²) in [5.74, 6) is 0.555. The number of carbonyl (C=O) groups excluding carboxylic acids is 1. The van der Waals surface area contributed by atoms with Crippen molar-refractivity contribution in [1.82, 2.24) is 5.16 Å². The first-order chi connectivity index (χ1) is 4.83. The highest BCUT2D eigenvalue weighted by Gasteiger charge is 1.94. The molecule has 0 saturated carbocycles. The van der Waals surface area contributed by atoms with Gasteiger partial charge in [-0.3, -0.25) is 4.79 Å². The number of rotatable bonds is 2. The van der Waals surface area contributed by atoms with Crippen molar-refractivity contribution in [3.8, 4) is 0 Å². The van der Waals surface area contributed by atoms with Gasteiger partial charge in [0.1, 0.15) is 10.9 Å². The van der Waals surface area contributed by atoms with E-state index in [4.69, 9.17) is 4.52 Å². The van der Waals surface area contributed by atoms with Crippen molar-refractivity contribution in [3.05, 3.63) is 22.5 Å². The first-order valence-electron chi connectivity index (χ1n) is 2.57. The Morgan fingerprint density at radius 1 is 1.70 bits per heavy atom. The van der Waals surface area contributed by atoms with Crippen LogP contribution in [0.25, 0.3) is 6.08 Å². The van der Waals surface area contributed by atoms with Crippen LogP contribution in [0.2, 0.25) is 0 Å². The minimum Gasteiger partial charge on any atom is -0.356 e. The molecule has 0 fully saturated rings. The summed E-state index contributed by atoms with van der Waals surface area (Å²) in [6.07, 6.45) is 3.55. The highest BCUT2D eigenvalue weighted by Crippen LogP contribution is 2.10. The summed E-state index contributed by atoms with van der Waals surface area (Å²) in [6, 6.07) is 1.67. The van der Waals surface area contributed by atoms with Crippen molar-refractivity contribution in [3.63, 3.8) is 0 Å². The molecule has 0 atom stereocenters. The Morgan fingerprint density at radius 3 is 3.00 bits per heavy atom. The number of aldehydes is 1. The summed E-state index contributed by atoms with van der Waals surface area (Å²) in [7, 11) is 0. The molecule has 0 N–H and O–H groups in total. The van der Waals surface area contributed by atoms with Crippen LogP contribution in [-0.2, 0) is 4.79 Å². The molecule has 1 aromatic rings. The second kappa shape index (κ2) is 3.31. The minimum atomic E-state index is 0.555. The van der Waals surface area contributed by atoms with Crippen LogP contribution in [0.5, 0.6) is 0 Å². The predicted molar refractivity (Wildman–Crippen MR) is 39.3 cm³/mol. The van der Waals surface area contributed by atoms with E-state index in [0.29, 0.717) is 16.6 Å². The fraction of sp³-hybridized carbons (Fsp3) is 0. The van der Waals surface area contributed by atoms with E-state index in [1.54, 1.807) is 6.07 Å². The lowest BCUT2D eigenvalue weighted by atomic mass is 10.4. The third kappa shape index (κ3) is 1.80. The molecular formula is C6H4BrNO2. The molecule has 0 aliphatic heterocycles. The smallest absolute Gasteiger partial charge is 0.160 e. The Labute approximate surface area is 65.8 Å². The molecule has 0 unspecified atom stereocenters. The maximum absolute atomic E-state index is 9.82. The Morgan fingerprint density at radius 2 is 2.50 bits per heavy atom. The molecule has 10 heavy (non-hydrogen) atoms. The van der Waals surface area contributed by atoms with Gasteiger partial charge in [-0.05, 0) is 28.1 Å². The molecule has 0 radical (unpaired) electrons. The van der Waals surface area contributed by atoms with E-state index in [-0.39, 0.29) is 0 Å². The van der Waals surface area contributed by atoms with Crippen molar-refractivity contribution < 1.29 is 9.32 Å². The van der Waals surface area contributed by atoms with E-state index in [2.05, 4.69) is 21.1 Å². The number of hydrogen-bond donors (Lipinski definition) is 0. The fourth-order valence-corrected chi connectivity index (χ4v) is 0.777. The Hall–Kier alpha value is -0.900. The number of carbonyl (C=O) groups is 1. The molecule has 0 bridgehead atoms. The van der Waals surface area contributed by atoms with Crippen molar-refractivity contribution >= 4 is 28.3 Å². The van der Waals surface area contributed by atoms with Crippen LogP contribution in [0.3, 0.4) is 0 Å². The highest BCUT2D eigenvalue weighted by molar-refractivity contribution is 9.10. The van der Waals surface area contributed by atoms with Crippen LogP contribution in [0, 0.1) is 0 Å². The molecule has 1 heterocycles. The molecule has 1 aromatic heterocycles. The first kappa shape index (κ1) is 7.21. The lowest BCUT2D eigenvalue weighted by Crippen LogP contribution is -1.61. The van der Waals surface area contributed by atoms with Gasteiger partial charge in [0.2, 0.25) is 0 Å². The molecular weight excluding hydrogens is 198 g/mol. The van der Waals surface area contributed by atoms with Gasteiger partial charge in [-0.15, -0.1) is 0 Å². The molecule has 52 valence electrons. The van der Waals surface area contributed by atoms with Gasteiger partial charge < -0.3 is 4.52 Å². The van der Waals surface area contributed by atoms with Gasteiger partial charge in [0.15, 0.2) is 5.76 Å². The number of allylic oxidation sites excluding steroid dienone is 1. The van der Waals surface area contributed by atoms with E-state index in [9.17, 15) is 4.79 Å². The van der Waals surface area contributed by atoms with Crippen LogP contribution in [0.15, 0.2) is 21.3 Å². The van der Waals surface area contributed by atoms with Gasteiger partial charge in [0.25, 0.3) is 0 Å². The maximum atomic E-state index is 9.82. The third-order valence-electron chi connectivity index (χ3n) is 0.839. The van der Waals surface area contributed by atoms with Crippen LogP contribution in [0.4, 0.5) is 0 Å². The molecule has 0 amide bonds. The average Bonchev–Trinajstić information content (AvgIpc) is 2.31. The lowest BCUT2D eigenvalue weighted by molar-refractivity contribution is -0.104. The molecule has 1 rings (SSSR count). The van der Waals surface area contributed by atoms with Crippen LogP contribution >= 0.6 is 15.9 Å². The van der Waals surface area contributed by atoms with Crippen molar-refractivity contribution in [2.24, 2.45) is 0 Å². The number of nitrogens with zero attached hydrogens (tertiary/aromatic N) is 1. The monoisotopic (exact) mass is 201 g/mol. The molecule has 0 aromatic carbocycles. The van der Waals surface area contributed by atoms with Gasteiger partial charge >= 0.3 is 0 Å². The zero-order valence-corrected chi connectivity index (χ0v) is 6.54. The number of aromatic nitrogens is 1. The van der Waals surface area contributed by atoms with Gasteiger partial charge in [0.05, 0.1) is 0 Å². The van der Waals surface area contributed by atoms with E-state index in [0.717, 1.165) is 0 Å². The second-order valence-corrected chi connectivity index (χ2v) is 2.36. The first-order valence-corrected chi connectivity index (χ1v) is 3.36. The Balaban J connectivity index is 2.75. The van der Waals surface area contributed by atoms with E-state index in [1.807, 2.05) is 0 Å². The standard InChI is InChI=1S/C6H4BrNO2/c7-6-4-5(10-8-6)2-1-3-9/h1-4H/b2-1+. The van der Waals surface area contributed by atoms with Crippen LogP contribution < -0.4 is 0 Å². The number of halogens is 1. The molecule has 0 aliphatic carbocycles. The van der Waals surface area contributed by atoms with Crippen molar-refractivity contribution in [2.75, 3.05) is 0 Å². The normalized spacial score (nSPS) is 10.5. The minimum absolute atomic E-state index is 0.555. The molecule has 4 heteroatoms. The fourth-order valence-electron chi connectivity index (χ4n) is 0.479. The zero-order valence-electron chi connectivity index (χ0n) is 4.95. The summed E-state index contributed by atoms with van der Waals surface area (Å²) in [4.78, 5) is 9.82.